The lowest BCUT2D eigenvalue weighted by atomic mass is 9.95. The molecule has 0 bridgehead atoms. The van der Waals surface area contributed by atoms with Gasteiger partial charge in [-0.25, -0.2) is 0 Å². The molecule has 3 aromatic carbocycles. The standard InChI is InChI=1S/C26H26Cl2N2OS/c27-22-9-8-21(25(28)16-22)17-30-14-12-20(13-15-30)26(31)29-23-10-6-19(7-11-23)18-32-24-4-2-1-3-5-24/h1-11,16,20H,12-15,17-18H2,(H,29,31). The third-order valence-corrected chi connectivity index (χ3v) is 7.41. The monoisotopic (exact) mass is 484 g/mol. The van der Waals surface area contributed by atoms with Crippen LogP contribution < -0.4 is 5.32 Å². The molecule has 1 amide bonds. The normalized spacial score (nSPS) is 14.9. The fourth-order valence-corrected chi connectivity index (χ4v) is 5.20. The highest BCUT2D eigenvalue weighted by molar-refractivity contribution is 7.98. The first kappa shape index (κ1) is 23.2. The van der Waals surface area contributed by atoms with Gasteiger partial charge >= 0.3 is 0 Å². The lowest BCUT2D eigenvalue weighted by molar-refractivity contribution is -0.121. The van der Waals surface area contributed by atoms with E-state index in [-0.39, 0.29) is 11.8 Å². The maximum absolute atomic E-state index is 12.8. The molecule has 0 atom stereocenters. The molecule has 32 heavy (non-hydrogen) atoms. The third-order valence-electron chi connectivity index (χ3n) is 5.74. The number of nitrogens with one attached hydrogen (secondary N) is 1. The second-order valence-electron chi connectivity index (χ2n) is 8.07. The lowest BCUT2D eigenvalue weighted by Crippen LogP contribution is -2.37. The number of benzene rings is 3. The number of thioether (sulfide) groups is 1. The van der Waals surface area contributed by atoms with Crippen molar-refractivity contribution in [2.45, 2.75) is 30.0 Å². The number of amides is 1. The number of carbonyl (C=O) groups excluding carboxylic acids is 1. The van der Waals surface area contributed by atoms with E-state index in [2.05, 4.69) is 46.6 Å². The van der Waals surface area contributed by atoms with Crippen LogP contribution in [0.25, 0.3) is 0 Å². The Labute approximate surface area is 204 Å². The minimum Gasteiger partial charge on any atom is -0.326 e. The maximum atomic E-state index is 12.8. The van der Waals surface area contributed by atoms with Gasteiger partial charge in [-0.2, -0.15) is 0 Å². The van der Waals surface area contributed by atoms with E-state index in [1.54, 1.807) is 6.07 Å². The maximum Gasteiger partial charge on any atom is 0.227 e. The fraction of sp³-hybridized carbons (Fsp3) is 0.269. The van der Waals surface area contributed by atoms with Crippen molar-refractivity contribution in [2.75, 3.05) is 18.4 Å². The minimum atomic E-state index is 0.0419. The SMILES string of the molecule is O=C(Nc1ccc(CSc2ccccc2)cc1)C1CCN(Cc2ccc(Cl)cc2Cl)CC1. The third kappa shape index (κ3) is 6.52. The van der Waals surface area contributed by atoms with Gasteiger partial charge in [-0.1, -0.05) is 59.6 Å². The number of carbonyl (C=O) groups is 1. The summed E-state index contributed by atoms with van der Waals surface area (Å²) in [5.41, 5.74) is 3.18. The molecule has 1 N–H and O–H groups in total. The molecular formula is C26H26Cl2N2OS. The zero-order valence-electron chi connectivity index (χ0n) is 17.8. The van der Waals surface area contributed by atoms with Crippen molar-refractivity contribution in [3.8, 4) is 0 Å². The zero-order valence-corrected chi connectivity index (χ0v) is 20.1. The number of anilines is 1. The van der Waals surface area contributed by atoms with E-state index < -0.39 is 0 Å². The van der Waals surface area contributed by atoms with Gasteiger partial charge < -0.3 is 5.32 Å². The summed E-state index contributed by atoms with van der Waals surface area (Å²) < 4.78 is 0. The molecule has 1 heterocycles. The second kappa shape index (κ2) is 11.2. The first-order valence-electron chi connectivity index (χ1n) is 10.8. The van der Waals surface area contributed by atoms with Gasteiger partial charge in [0.1, 0.15) is 0 Å². The molecule has 0 radical (unpaired) electrons. The van der Waals surface area contributed by atoms with Crippen LogP contribution in [0.5, 0.6) is 0 Å². The highest BCUT2D eigenvalue weighted by Crippen LogP contribution is 2.26. The molecule has 1 aliphatic rings. The Kier molecular flexibility index (Phi) is 8.15. The molecule has 0 unspecified atom stereocenters. The summed E-state index contributed by atoms with van der Waals surface area (Å²) in [7, 11) is 0. The number of piperidine rings is 1. The van der Waals surface area contributed by atoms with Crippen molar-refractivity contribution >= 4 is 46.6 Å². The van der Waals surface area contributed by atoms with E-state index in [1.807, 2.05) is 42.1 Å². The van der Waals surface area contributed by atoms with Crippen molar-refractivity contribution in [3.05, 3.63) is 94.0 Å². The van der Waals surface area contributed by atoms with Crippen LogP contribution in [0.4, 0.5) is 5.69 Å². The van der Waals surface area contributed by atoms with Crippen molar-refractivity contribution in [1.29, 1.82) is 0 Å². The van der Waals surface area contributed by atoms with Crippen LogP contribution in [-0.2, 0) is 17.1 Å². The summed E-state index contributed by atoms with van der Waals surface area (Å²) in [6, 6.07) is 24.2. The van der Waals surface area contributed by atoms with Gasteiger partial charge in [0.15, 0.2) is 0 Å². The number of nitrogens with zero attached hydrogens (tertiary/aromatic N) is 1. The molecule has 1 aliphatic heterocycles. The average molecular weight is 485 g/mol. The van der Waals surface area contributed by atoms with Gasteiger partial charge in [0.25, 0.3) is 0 Å². The Bertz CT molecular complexity index is 1040. The molecule has 3 nitrogen and oxygen atoms in total. The predicted octanol–water partition coefficient (Wildman–Crippen LogP) is 7.14. The van der Waals surface area contributed by atoms with Crippen LogP contribution in [0.2, 0.25) is 10.0 Å². The van der Waals surface area contributed by atoms with Crippen LogP contribution in [-0.4, -0.2) is 23.9 Å². The number of hydrogen-bond donors (Lipinski definition) is 1. The van der Waals surface area contributed by atoms with Crippen LogP contribution in [0.3, 0.4) is 0 Å². The van der Waals surface area contributed by atoms with Crippen LogP contribution in [0.1, 0.15) is 24.0 Å². The first-order chi connectivity index (χ1) is 15.6. The Hall–Kier alpha value is -1.98. The Morgan fingerprint density at radius 1 is 0.969 bits per heavy atom. The van der Waals surface area contributed by atoms with Crippen LogP contribution in [0, 0.1) is 5.92 Å². The summed E-state index contributed by atoms with van der Waals surface area (Å²) in [5, 5.41) is 4.44. The Morgan fingerprint density at radius 2 is 1.69 bits per heavy atom. The number of halogens is 2. The summed E-state index contributed by atoms with van der Waals surface area (Å²) >= 11 is 14.1. The van der Waals surface area contributed by atoms with E-state index in [1.165, 1.54) is 10.5 Å². The molecule has 0 aliphatic carbocycles. The van der Waals surface area contributed by atoms with Gasteiger partial charge in [-0.05, 0) is 73.5 Å². The highest BCUT2D eigenvalue weighted by Gasteiger charge is 2.25. The van der Waals surface area contributed by atoms with Crippen molar-refractivity contribution in [1.82, 2.24) is 4.90 Å². The smallest absolute Gasteiger partial charge is 0.227 e. The molecule has 166 valence electrons. The van der Waals surface area contributed by atoms with E-state index in [4.69, 9.17) is 23.2 Å². The summed E-state index contributed by atoms with van der Waals surface area (Å²) in [5.74, 6) is 1.06. The molecule has 1 fully saturated rings. The first-order valence-corrected chi connectivity index (χ1v) is 12.5. The molecule has 0 spiro atoms. The van der Waals surface area contributed by atoms with Crippen LogP contribution in [0.15, 0.2) is 77.7 Å². The predicted molar refractivity (Wildman–Crippen MR) is 136 cm³/mol. The molecule has 4 rings (SSSR count). The van der Waals surface area contributed by atoms with E-state index in [0.717, 1.165) is 49.5 Å². The van der Waals surface area contributed by atoms with Gasteiger partial charge in [0.2, 0.25) is 5.91 Å². The molecular weight excluding hydrogens is 459 g/mol. The van der Waals surface area contributed by atoms with Gasteiger partial charge in [-0.3, -0.25) is 9.69 Å². The van der Waals surface area contributed by atoms with E-state index in [0.29, 0.717) is 10.0 Å². The summed E-state index contributed by atoms with van der Waals surface area (Å²) in [4.78, 5) is 16.4. The topological polar surface area (TPSA) is 32.3 Å². The minimum absolute atomic E-state index is 0.0419. The largest absolute Gasteiger partial charge is 0.326 e. The van der Waals surface area contributed by atoms with Gasteiger partial charge in [0, 0.05) is 38.8 Å². The number of likely N-dealkylation sites (tertiary alicyclic amines) is 1. The van der Waals surface area contributed by atoms with Gasteiger partial charge in [-0.15, -0.1) is 11.8 Å². The average Bonchev–Trinajstić information content (AvgIpc) is 2.81. The van der Waals surface area contributed by atoms with Crippen molar-refractivity contribution in [3.63, 3.8) is 0 Å². The van der Waals surface area contributed by atoms with Crippen molar-refractivity contribution in [2.24, 2.45) is 5.92 Å². The van der Waals surface area contributed by atoms with E-state index >= 15 is 0 Å². The number of hydrogen-bond acceptors (Lipinski definition) is 3. The Morgan fingerprint density at radius 3 is 2.38 bits per heavy atom. The van der Waals surface area contributed by atoms with Crippen LogP contribution >= 0.6 is 35.0 Å². The zero-order chi connectivity index (χ0) is 22.3. The fourth-order valence-electron chi connectivity index (χ4n) is 3.86. The summed E-state index contributed by atoms with van der Waals surface area (Å²) in [6.07, 6.45) is 1.70. The highest BCUT2D eigenvalue weighted by atomic mass is 35.5. The van der Waals surface area contributed by atoms with E-state index in [9.17, 15) is 4.79 Å². The Balaban J connectivity index is 1.23. The molecule has 0 aromatic heterocycles. The second-order valence-corrected chi connectivity index (χ2v) is 9.97. The molecule has 1 saturated heterocycles. The quantitative estimate of drug-likeness (QED) is 0.361. The molecule has 6 heteroatoms. The number of rotatable bonds is 7. The summed E-state index contributed by atoms with van der Waals surface area (Å²) in [6.45, 7) is 2.55. The van der Waals surface area contributed by atoms with Gasteiger partial charge in [0.05, 0.1) is 0 Å². The lowest BCUT2D eigenvalue weighted by Gasteiger charge is -2.31. The molecule has 0 saturated carbocycles. The molecule has 3 aromatic rings. The van der Waals surface area contributed by atoms with Crippen molar-refractivity contribution < 1.29 is 4.79 Å².